The summed E-state index contributed by atoms with van der Waals surface area (Å²) in [6, 6.07) is 18.2. The molecule has 0 fully saturated rings. The number of benzene rings is 3. The normalized spacial score (nSPS) is 11.9. The lowest BCUT2D eigenvalue weighted by atomic mass is 10.0. The Labute approximate surface area is 158 Å². The standard InChI is InChI=1S/C23H22O4/c1-3-13-25-15-19(27-22(24)4-2)16-26-23-20-11-7-5-9-17(20)14-18-10-6-8-12-21(18)23/h3-12,14,19H,1-2,13,15-16H2. The minimum Gasteiger partial charge on any atom is -0.488 e. The van der Waals surface area contributed by atoms with E-state index >= 15 is 0 Å². The third-order valence-electron chi connectivity index (χ3n) is 4.12. The first-order valence-corrected chi connectivity index (χ1v) is 8.78. The fourth-order valence-electron chi connectivity index (χ4n) is 2.92. The van der Waals surface area contributed by atoms with Gasteiger partial charge in [-0.1, -0.05) is 61.2 Å². The first kappa shape index (κ1) is 18.7. The number of hydrogen-bond donors (Lipinski definition) is 0. The van der Waals surface area contributed by atoms with Crippen molar-refractivity contribution < 1.29 is 19.0 Å². The second-order valence-electron chi connectivity index (χ2n) is 6.05. The molecule has 0 spiro atoms. The molecule has 0 bridgehead atoms. The third-order valence-corrected chi connectivity index (χ3v) is 4.12. The summed E-state index contributed by atoms with van der Waals surface area (Å²) in [6.45, 7) is 7.82. The Morgan fingerprint density at radius 2 is 1.59 bits per heavy atom. The Balaban J connectivity index is 1.89. The summed E-state index contributed by atoms with van der Waals surface area (Å²) in [5, 5.41) is 4.21. The summed E-state index contributed by atoms with van der Waals surface area (Å²) in [7, 11) is 0. The van der Waals surface area contributed by atoms with Crippen molar-refractivity contribution in [3.63, 3.8) is 0 Å². The Morgan fingerprint density at radius 1 is 0.963 bits per heavy atom. The first-order valence-electron chi connectivity index (χ1n) is 8.78. The zero-order valence-electron chi connectivity index (χ0n) is 15.1. The third kappa shape index (κ3) is 4.54. The molecule has 0 saturated heterocycles. The van der Waals surface area contributed by atoms with Crippen molar-refractivity contribution in [2.45, 2.75) is 6.10 Å². The summed E-state index contributed by atoms with van der Waals surface area (Å²) >= 11 is 0. The van der Waals surface area contributed by atoms with Crippen molar-refractivity contribution >= 4 is 27.5 Å². The van der Waals surface area contributed by atoms with Crippen molar-refractivity contribution in [3.8, 4) is 5.75 Å². The van der Waals surface area contributed by atoms with Gasteiger partial charge in [-0.3, -0.25) is 0 Å². The minimum atomic E-state index is -0.548. The fraction of sp³-hybridized carbons (Fsp3) is 0.174. The Kier molecular flexibility index (Phi) is 6.23. The average Bonchev–Trinajstić information content (AvgIpc) is 2.70. The maximum atomic E-state index is 11.6. The summed E-state index contributed by atoms with van der Waals surface area (Å²) in [5.41, 5.74) is 0. The molecule has 1 atom stereocenters. The summed E-state index contributed by atoms with van der Waals surface area (Å²) < 4.78 is 16.9. The van der Waals surface area contributed by atoms with E-state index in [2.05, 4.69) is 31.4 Å². The Morgan fingerprint density at radius 3 is 2.19 bits per heavy atom. The van der Waals surface area contributed by atoms with Crippen LogP contribution in [-0.4, -0.2) is 31.9 Å². The van der Waals surface area contributed by atoms with Gasteiger partial charge in [0.15, 0.2) is 6.10 Å². The molecule has 4 heteroatoms. The number of carbonyl (C=O) groups excluding carboxylic acids is 1. The lowest BCUT2D eigenvalue weighted by Crippen LogP contribution is -2.29. The van der Waals surface area contributed by atoms with Gasteiger partial charge in [0.05, 0.1) is 13.2 Å². The minimum absolute atomic E-state index is 0.175. The second-order valence-corrected chi connectivity index (χ2v) is 6.05. The second kappa shape index (κ2) is 9.01. The summed E-state index contributed by atoms with van der Waals surface area (Å²) in [6.07, 6.45) is 2.23. The van der Waals surface area contributed by atoms with Gasteiger partial charge in [0.2, 0.25) is 0 Å². The van der Waals surface area contributed by atoms with Gasteiger partial charge in [-0.2, -0.15) is 0 Å². The first-order chi connectivity index (χ1) is 13.2. The van der Waals surface area contributed by atoms with Crippen LogP contribution in [0.15, 0.2) is 79.9 Å². The Hall–Kier alpha value is -3.11. The molecule has 0 aromatic heterocycles. The van der Waals surface area contributed by atoms with Crippen LogP contribution >= 0.6 is 0 Å². The van der Waals surface area contributed by atoms with E-state index in [0.717, 1.165) is 33.4 Å². The molecule has 0 saturated carbocycles. The maximum absolute atomic E-state index is 11.6. The molecule has 3 rings (SSSR count). The molecule has 27 heavy (non-hydrogen) atoms. The lowest BCUT2D eigenvalue weighted by molar-refractivity contribution is -0.147. The molecule has 0 aliphatic heterocycles. The maximum Gasteiger partial charge on any atom is 0.330 e. The van der Waals surface area contributed by atoms with Crippen LogP contribution < -0.4 is 4.74 Å². The van der Waals surface area contributed by atoms with E-state index < -0.39 is 12.1 Å². The van der Waals surface area contributed by atoms with Crippen molar-refractivity contribution in [2.24, 2.45) is 0 Å². The van der Waals surface area contributed by atoms with Crippen molar-refractivity contribution in [2.75, 3.05) is 19.8 Å². The number of carbonyl (C=O) groups is 1. The highest BCUT2D eigenvalue weighted by atomic mass is 16.6. The van der Waals surface area contributed by atoms with E-state index in [-0.39, 0.29) is 13.2 Å². The molecule has 4 nitrogen and oxygen atoms in total. The molecule has 0 aliphatic rings. The number of fused-ring (bicyclic) bond motifs is 2. The van der Waals surface area contributed by atoms with Gasteiger partial charge in [-0.15, -0.1) is 6.58 Å². The van der Waals surface area contributed by atoms with E-state index in [1.54, 1.807) is 6.08 Å². The monoisotopic (exact) mass is 362 g/mol. The predicted molar refractivity (Wildman–Crippen MR) is 108 cm³/mol. The van der Waals surface area contributed by atoms with Crippen LogP contribution in [-0.2, 0) is 14.3 Å². The van der Waals surface area contributed by atoms with Crippen LogP contribution in [0.25, 0.3) is 21.5 Å². The van der Waals surface area contributed by atoms with Crippen molar-refractivity contribution in [1.82, 2.24) is 0 Å². The number of esters is 1. The van der Waals surface area contributed by atoms with Crippen LogP contribution in [0, 0.1) is 0 Å². The molecule has 138 valence electrons. The van der Waals surface area contributed by atoms with Gasteiger partial charge in [0, 0.05) is 16.8 Å². The quantitative estimate of drug-likeness (QED) is 0.182. The molecule has 3 aromatic carbocycles. The van der Waals surface area contributed by atoms with E-state index in [9.17, 15) is 4.79 Å². The largest absolute Gasteiger partial charge is 0.488 e. The zero-order valence-corrected chi connectivity index (χ0v) is 15.1. The highest BCUT2D eigenvalue weighted by Crippen LogP contribution is 2.34. The van der Waals surface area contributed by atoms with Crippen molar-refractivity contribution in [3.05, 3.63) is 79.9 Å². The van der Waals surface area contributed by atoms with E-state index in [1.807, 2.05) is 36.4 Å². The lowest BCUT2D eigenvalue weighted by Gasteiger charge is -2.19. The molecule has 1 unspecified atom stereocenters. The summed E-state index contributed by atoms with van der Waals surface area (Å²) in [5.74, 6) is 0.264. The van der Waals surface area contributed by atoms with Crippen LogP contribution in [0.4, 0.5) is 0 Å². The molecule has 0 N–H and O–H groups in total. The average molecular weight is 362 g/mol. The van der Waals surface area contributed by atoms with Crippen LogP contribution in [0.5, 0.6) is 5.75 Å². The number of ether oxygens (including phenoxy) is 3. The predicted octanol–water partition coefficient (Wildman–Crippen LogP) is 4.67. The van der Waals surface area contributed by atoms with Gasteiger partial charge in [-0.05, 0) is 16.8 Å². The number of rotatable bonds is 9. The van der Waals surface area contributed by atoms with Gasteiger partial charge >= 0.3 is 5.97 Å². The topological polar surface area (TPSA) is 44.8 Å². The van der Waals surface area contributed by atoms with Gasteiger partial charge in [0.25, 0.3) is 0 Å². The van der Waals surface area contributed by atoms with E-state index in [1.165, 1.54) is 0 Å². The summed E-state index contributed by atoms with van der Waals surface area (Å²) in [4.78, 5) is 11.6. The molecule has 0 aliphatic carbocycles. The van der Waals surface area contributed by atoms with E-state index in [0.29, 0.717) is 6.61 Å². The van der Waals surface area contributed by atoms with Gasteiger partial charge < -0.3 is 14.2 Å². The fourth-order valence-corrected chi connectivity index (χ4v) is 2.92. The zero-order chi connectivity index (χ0) is 19.1. The highest BCUT2D eigenvalue weighted by Gasteiger charge is 2.16. The molecule has 0 heterocycles. The number of hydrogen-bond acceptors (Lipinski definition) is 4. The SMILES string of the molecule is C=CCOCC(COc1c2ccccc2cc2ccccc12)OC(=O)C=C. The van der Waals surface area contributed by atoms with Crippen LogP contribution in [0.2, 0.25) is 0 Å². The van der Waals surface area contributed by atoms with Gasteiger partial charge in [-0.25, -0.2) is 4.79 Å². The molecular formula is C23H22O4. The highest BCUT2D eigenvalue weighted by molar-refractivity contribution is 6.05. The van der Waals surface area contributed by atoms with Gasteiger partial charge in [0.1, 0.15) is 12.4 Å². The van der Waals surface area contributed by atoms with Crippen molar-refractivity contribution in [1.29, 1.82) is 0 Å². The van der Waals surface area contributed by atoms with E-state index in [4.69, 9.17) is 14.2 Å². The smallest absolute Gasteiger partial charge is 0.330 e. The Bertz CT molecular complexity index is 907. The van der Waals surface area contributed by atoms with Crippen LogP contribution in [0.3, 0.4) is 0 Å². The van der Waals surface area contributed by atoms with Crippen LogP contribution in [0.1, 0.15) is 0 Å². The molecule has 0 radical (unpaired) electrons. The molecular weight excluding hydrogens is 340 g/mol. The molecule has 3 aromatic rings. The molecule has 0 amide bonds.